The van der Waals surface area contributed by atoms with Crippen LogP contribution in [-0.2, 0) is 10.5 Å². The summed E-state index contributed by atoms with van der Waals surface area (Å²) < 4.78 is 12.9. The lowest BCUT2D eigenvalue weighted by molar-refractivity contribution is -0.114. The first-order chi connectivity index (χ1) is 16.1. The highest BCUT2D eigenvalue weighted by atomic mass is 32.2. The molecule has 2 aromatic heterocycles. The fraction of sp³-hybridized carbons (Fsp3) is 0.217. The molecule has 0 unspecified atom stereocenters. The fourth-order valence-corrected chi connectivity index (χ4v) is 4.81. The first kappa shape index (κ1) is 22.8. The topological polar surface area (TPSA) is 91.2 Å². The fourth-order valence-electron chi connectivity index (χ4n) is 3.10. The van der Waals surface area contributed by atoms with Crippen LogP contribution in [0.25, 0.3) is 17.1 Å². The lowest BCUT2D eigenvalue weighted by Crippen LogP contribution is -2.05. The molecule has 0 aliphatic heterocycles. The second kappa shape index (κ2) is 10.5. The molecule has 8 nitrogen and oxygen atoms in total. The maximum Gasteiger partial charge on any atom is 0.223 e. The third kappa shape index (κ3) is 5.52. The Morgan fingerprint density at radius 1 is 1.09 bits per heavy atom. The maximum atomic E-state index is 11.3. The summed E-state index contributed by atoms with van der Waals surface area (Å²) in [6.07, 6.45) is 0. The third-order valence-corrected chi connectivity index (χ3v) is 6.34. The number of carbonyl (C=O) groups excluding carboxylic acids is 1. The summed E-state index contributed by atoms with van der Waals surface area (Å²) in [7, 11) is 1.64. The van der Waals surface area contributed by atoms with E-state index in [0.717, 1.165) is 39.4 Å². The van der Waals surface area contributed by atoms with Gasteiger partial charge in [0.2, 0.25) is 5.91 Å². The number of nitrogens with zero attached hydrogens (tertiary/aromatic N) is 4. The van der Waals surface area contributed by atoms with Crippen molar-refractivity contribution in [1.82, 2.24) is 19.7 Å². The lowest BCUT2D eigenvalue weighted by Gasteiger charge is -2.11. The highest BCUT2D eigenvalue weighted by molar-refractivity contribution is 7.98. The molecule has 170 valence electrons. The van der Waals surface area contributed by atoms with E-state index in [0.29, 0.717) is 17.5 Å². The average molecular weight is 482 g/mol. The van der Waals surface area contributed by atoms with E-state index >= 15 is 0 Å². The molecule has 0 spiro atoms. The number of methoxy groups -OCH3 is 1. The zero-order chi connectivity index (χ0) is 23.2. The summed E-state index contributed by atoms with van der Waals surface area (Å²) in [5, 5.41) is 14.9. The summed E-state index contributed by atoms with van der Waals surface area (Å²) in [5.41, 5.74) is 2.71. The van der Waals surface area contributed by atoms with Crippen molar-refractivity contribution in [3.8, 4) is 28.6 Å². The van der Waals surface area contributed by atoms with E-state index in [1.165, 1.54) is 30.0 Å². The highest BCUT2D eigenvalue weighted by Crippen LogP contribution is 2.31. The number of rotatable bonds is 9. The van der Waals surface area contributed by atoms with Crippen molar-refractivity contribution in [2.24, 2.45) is 0 Å². The molecule has 0 fully saturated rings. The first-order valence-corrected chi connectivity index (χ1v) is 12.1. The van der Waals surface area contributed by atoms with Gasteiger partial charge in [0, 0.05) is 29.3 Å². The minimum atomic E-state index is -0.136. The van der Waals surface area contributed by atoms with E-state index in [1.807, 2.05) is 65.4 Å². The zero-order valence-electron chi connectivity index (χ0n) is 18.4. The van der Waals surface area contributed by atoms with Gasteiger partial charge in [-0.3, -0.25) is 9.36 Å². The minimum Gasteiger partial charge on any atom is -0.497 e. The van der Waals surface area contributed by atoms with Crippen LogP contribution in [0.3, 0.4) is 0 Å². The van der Waals surface area contributed by atoms with Crippen LogP contribution in [-0.4, -0.2) is 39.4 Å². The highest BCUT2D eigenvalue weighted by Gasteiger charge is 2.17. The number of nitrogens with one attached hydrogen (secondary N) is 1. The van der Waals surface area contributed by atoms with Crippen LogP contribution in [0.2, 0.25) is 0 Å². The summed E-state index contributed by atoms with van der Waals surface area (Å²) in [6.45, 7) is 4.04. The number of carbonyl (C=O) groups is 1. The molecule has 0 bridgehead atoms. The van der Waals surface area contributed by atoms with Crippen molar-refractivity contribution < 1.29 is 14.3 Å². The van der Waals surface area contributed by atoms with Gasteiger partial charge in [-0.15, -0.1) is 21.5 Å². The number of amides is 1. The molecule has 2 aromatic carbocycles. The zero-order valence-corrected chi connectivity index (χ0v) is 20.1. The predicted octanol–water partition coefficient (Wildman–Crippen LogP) is 5.05. The first-order valence-electron chi connectivity index (χ1n) is 10.2. The van der Waals surface area contributed by atoms with Crippen molar-refractivity contribution in [2.45, 2.75) is 24.8 Å². The third-order valence-electron chi connectivity index (χ3n) is 4.57. The van der Waals surface area contributed by atoms with Gasteiger partial charge in [-0.05, 0) is 55.5 Å². The Morgan fingerprint density at radius 2 is 1.82 bits per heavy atom. The number of hydrogen-bond donors (Lipinski definition) is 1. The largest absolute Gasteiger partial charge is 0.497 e. The van der Waals surface area contributed by atoms with Crippen LogP contribution in [0.1, 0.15) is 19.5 Å². The summed E-state index contributed by atoms with van der Waals surface area (Å²) in [6, 6.07) is 15.6. The van der Waals surface area contributed by atoms with Gasteiger partial charge in [0.1, 0.15) is 11.5 Å². The molecule has 4 rings (SSSR count). The van der Waals surface area contributed by atoms with Gasteiger partial charge in [-0.25, -0.2) is 4.98 Å². The van der Waals surface area contributed by atoms with Crippen LogP contribution in [0.15, 0.2) is 59.1 Å². The Labute approximate surface area is 200 Å². The normalized spacial score (nSPS) is 10.8. The van der Waals surface area contributed by atoms with Gasteiger partial charge in [-0.2, -0.15) is 0 Å². The van der Waals surface area contributed by atoms with E-state index in [-0.39, 0.29) is 5.91 Å². The monoisotopic (exact) mass is 481 g/mol. The second-order valence-corrected chi connectivity index (χ2v) is 8.71. The van der Waals surface area contributed by atoms with Gasteiger partial charge < -0.3 is 14.8 Å². The Balaban J connectivity index is 1.65. The Hall–Kier alpha value is -3.37. The number of benzene rings is 2. The molecule has 1 amide bonds. The number of anilines is 1. The van der Waals surface area contributed by atoms with E-state index in [1.54, 1.807) is 7.11 Å². The molecule has 10 heteroatoms. The molecule has 0 aliphatic rings. The van der Waals surface area contributed by atoms with Crippen molar-refractivity contribution in [3.05, 3.63) is 59.6 Å². The number of thiazole rings is 1. The molecular formula is C23H23N5O3S2. The van der Waals surface area contributed by atoms with E-state index in [2.05, 4.69) is 20.5 Å². The Kier molecular flexibility index (Phi) is 7.26. The summed E-state index contributed by atoms with van der Waals surface area (Å²) in [5.74, 6) is 2.76. The maximum absolute atomic E-state index is 11.3. The minimum absolute atomic E-state index is 0.136. The van der Waals surface area contributed by atoms with E-state index in [4.69, 9.17) is 9.47 Å². The molecular weight excluding hydrogens is 458 g/mol. The molecule has 0 saturated heterocycles. The Bertz CT molecular complexity index is 1220. The molecule has 4 aromatic rings. The van der Waals surface area contributed by atoms with Crippen LogP contribution in [0.4, 0.5) is 5.13 Å². The van der Waals surface area contributed by atoms with Crippen LogP contribution in [0, 0.1) is 0 Å². The van der Waals surface area contributed by atoms with Gasteiger partial charge in [0.15, 0.2) is 16.1 Å². The molecule has 2 heterocycles. The molecule has 0 atom stereocenters. The van der Waals surface area contributed by atoms with Crippen LogP contribution < -0.4 is 14.8 Å². The quantitative estimate of drug-likeness (QED) is 0.335. The second-order valence-electron chi connectivity index (χ2n) is 6.91. The van der Waals surface area contributed by atoms with Gasteiger partial charge in [0.05, 0.1) is 19.4 Å². The Morgan fingerprint density at radius 3 is 2.48 bits per heavy atom. The number of hydrogen-bond acceptors (Lipinski definition) is 8. The van der Waals surface area contributed by atoms with Crippen molar-refractivity contribution in [1.29, 1.82) is 0 Å². The summed E-state index contributed by atoms with van der Waals surface area (Å²) >= 11 is 2.93. The van der Waals surface area contributed by atoms with Gasteiger partial charge in [0.25, 0.3) is 0 Å². The van der Waals surface area contributed by atoms with Gasteiger partial charge >= 0.3 is 0 Å². The van der Waals surface area contributed by atoms with Crippen LogP contribution in [0.5, 0.6) is 11.5 Å². The molecule has 0 saturated carbocycles. The van der Waals surface area contributed by atoms with E-state index < -0.39 is 0 Å². The lowest BCUT2D eigenvalue weighted by atomic mass is 10.2. The van der Waals surface area contributed by atoms with Crippen molar-refractivity contribution in [2.75, 3.05) is 19.0 Å². The smallest absolute Gasteiger partial charge is 0.223 e. The van der Waals surface area contributed by atoms with Crippen molar-refractivity contribution >= 4 is 34.1 Å². The summed E-state index contributed by atoms with van der Waals surface area (Å²) in [4.78, 5) is 15.7. The van der Waals surface area contributed by atoms with Gasteiger partial charge in [-0.1, -0.05) is 11.8 Å². The number of ether oxygens (including phenoxy) is 2. The van der Waals surface area contributed by atoms with Crippen LogP contribution >= 0.6 is 23.1 Å². The number of thioether (sulfide) groups is 1. The predicted molar refractivity (Wildman–Crippen MR) is 130 cm³/mol. The molecule has 0 aliphatic carbocycles. The SMILES string of the molecule is CCOc1ccc(-n2c(SCc3csc(NC(C)=O)n3)nnc2-c2ccc(OC)cc2)cc1. The number of aromatic nitrogens is 4. The molecule has 33 heavy (non-hydrogen) atoms. The average Bonchev–Trinajstić information content (AvgIpc) is 3.45. The van der Waals surface area contributed by atoms with Crippen molar-refractivity contribution in [3.63, 3.8) is 0 Å². The molecule has 1 N–H and O–H groups in total. The molecule has 0 radical (unpaired) electrons. The standard InChI is InChI=1S/C23H23N5O3S2/c1-4-31-20-11-7-18(8-12-20)28-21(16-5-9-19(30-3)10-6-16)26-27-23(28)33-14-17-13-32-22(25-17)24-15(2)29/h5-13H,4,14H2,1-3H3,(H,24,25,29). The van der Waals surface area contributed by atoms with E-state index in [9.17, 15) is 4.79 Å².